The first-order valence-electron chi connectivity index (χ1n) is 8.37. The summed E-state index contributed by atoms with van der Waals surface area (Å²) in [5.74, 6) is -0.0922. The van der Waals surface area contributed by atoms with Gasteiger partial charge >= 0.3 is 0 Å². The van der Waals surface area contributed by atoms with E-state index in [4.69, 9.17) is 13.9 Å². The molecule has 26 heavy (non-hydrogen) atoms. The Hall–Kier alpha value is -2.13. The lowest BCUT2D eigenvalue weighted by molar-refractivity contribution is -0.119. The molecule has 3 rings (SSSR count). The topological polar surface area (TPSA) is 86.5 Å². The normalized spacial score (nSPS) is 17.8. The third kappa shape index (κ3) is 5.18. The van der Waals surface area contributed by atoms with Gasteiger partial charge in [0.2, 0.25) is 5.91 Å². The van der Waals surface area contributed by atoms with Gasteiger partial charge < -0.3 is 19.2 Å². The number of ether oxygens (including phenoxy) is 2. The second-order valence-corrected chi connectivity index (χ2v) is 6.75. The van der Waals surface area contributed by atoms with Crippen LogP contribution in [0.5, 0.6) is 5.75 Å². The molecule has 0 spiro atoms. The fraction of sp³-hybridized carbons (Fsp3) is 0.471. The molecular formula is C17H20FN3O4S. The summed E-state index contributed by atoms with van der Waals surface area (Å²) in [6.07, 6.45) is 1.51. The Morgan fingerprint density at radius 2 is 2.31 bits per heavy atom. The van der Waals surface area contributed by atoms with E-state index in [2.05, 4.69) is 15.5 Å². The first-order valence-corrected chi connectivity index (χ1v) is 9.36. The molecule has 9 heteroatoms. The van der Waals surface area contributed by atoms with Gasteiger partial charge in [-0.25, -0.2) is 4.39 Å². The zero-order chi connectivity index (χ0) is 18.4. The molecule has 1 fully saturated rings. The summed E-state index contributed by atoms with van der Waals surface area (Å²) >= 11 is 1.14. The number of para-hydroxylation sites is 1. The molecule has 1 aliphatic rings. The summed E-state index contributed by atoms with van der Waals surface area (Å²) < 4.78 is 30.0. The van der Waals surface area contributed by atoms with Gasteiger partial charge in [0.1, 0.15) is 0 Å². The van der Waals surface area contributed by atoms with Gasteiger partial charge in [0.15, 0.2) is 17.7 Å². The lowest BCUT2D eigenvalue weighted by atomic mass is 10.2. The number of hydrogen-bond donors (Lipinski definition) is 1. The third-order valence-electron chi connectivity index (χ3n) is 3.79. The third-order valence-corrected chi connectivity index (χ3v) is 4.61. The molecule has 1 aliphatic heterocycles. The van der Waals surface area contributed by atoms with E-state index in [0.29, 0.717) is 6.54 Å². The van der Waals surface area contributed by atoms with Crippen molar-refractivity contribution >= 4 is 17.7 Å². The van der Waals surface area contributed by atoms with Crippen LogP contribution in [-0.2, 0) is 9.53 Å². The van der Waals surface area contributed by atoms with Crippen molar-refractivity contribution in [2.24, 2.45) is 0 Å². The number of nitrogens with zero attached hydrogens (tertiary/aromatic N) is 2. The molecule has 2 unspecified atom stereocenters. The number of aromatic nitrogens is 2. The minimum absolute atomic E-state index is 0.107. The molecule has 0 bridgehead atoms. The predicted octanol–water partition coefficient (Wildman–Crippen LogP) is 2.74. The summed E-state index contributed by atoms with van der Waals surface area (Å²) in [4.78, 5) is 11.8. The number of benzene rings is 1. The Morgan fingerprint density at radius 3 is 3.08 bits per heavy atom. The van der Waals surface area contributed by atoms with Crippen molar-refractivity contribution in [2.75, 3.05) is 18.9 Å². The van der Waals surface area contributed by atoms with Gasteiger partial charge in [-0.05, 0) is 31.9 Å². The zero-order valence-corrected chi connectivity index (χ0v) is 15.1. The molecule has 2 aromatic rings. The van der Waals surface area contributed by atoms with E-state index in [9.17, 15) is 9.18 Å². The minimum atomic E-state index is -0.609. The average molecular weight is 381 g/mol. The average Bonchev–Trinajstić information content (AvgIpc) is 3.32. The summed E-state index contributed by atoms with van der Waals surface area (Å²) in [5, 5.41) is 10.9. The number of hydrogen-bond acceptors (Lipinski definition) is 7. The Labute approximate surface area is 154 Å². The van der Waals surface area contributed by atoms with E-state index in [0.717, 1.165) is 31.2 Å². The fourth-order valence-corrected chi connectivity index (χ4v) is 3.03. The van der Waals surface area contributed by atoms with E-state index in [1.807, 2.05) is 0 Å². The van der Waals surface area contributed by atoms with E-state index in [-0.39, 0.29) is 34.6 Å². The van der Waals surface area contributed by atoms with E-state index in [1.165, 1.54) is 12.1 Å². The first kappa shape index (κ1) is 18.7. The van der Waals surface area contributed by atoms with Crippen LogP contribution in [0.3, 0.4) is 0 Å². The van der Waals surface area contributed by atoms with Crippen molar-refractivity contribution < 1.29 is 23.1 Å². The highest BCUT2D eigenvalue weighted by Crippen LogP contribution is 2.25. The molecule has 0 saturated carbocycles. The van der Waals surface area contributed by atoms with Crippen molar-refractivity contribution in [3.05, 3.63) is 36.0 Å². The van der Waals surface area contributed by atoms with Crippen LogP contribution in [0.25, 0.3) is 0 Å². The van der Waals surface area contributed by atoms with Crippen LogP contribution in [0, 0.1) is 5.82 Å². The van der Waals surface area contributed by atoms with Crippen molar-refractivity contribution in [1.82, 2.24) is 15.5 Å². The maximum Gasteiger partial charge on any atom is 0.277 e. The molecular weight excluding hydrogens is 361 g/mol. The van der Waals surface area contributed by atoms with Crippen LogP contribution in [0.4, 0.5) is 4.39 Å². The Bertz CT molecular complexity index is 736. The lowest BCUT2D eigenvalue weighted by Gasteiger charge is -2.11. The van der Waals surface area contributed by atoms with Crippen LogP contribution in [-0.4, -0.2) is 41.1 Å². The molecule has 1 amide bonds. The fourth-order valence-electron chi connectivity index (χ4n) is 2.44. The van der Waals surface area contributed by atoms with E-state index >= 15 is 0 Å². The molecule has 1 saturated heterocycles. The lowest BCUT2D eigenvalue weighted by Crippen LogP contribution is -2.32. The van der Waals surface area contributed by atoms with Gasteiger partial charge in [-0.15, -0.1) is 10.2 Å². The van der Waals surface area contributed by atoms with Crippen LogP contribution in [0.1, 0.15) is 31.8 Å². The maximum absolute atomic E-state index is 13.6. The number of rotatable bonds is 8. The van der Waals surface area contributed by atoms with Crippen LogP contribution in [0.2, 0.25) is 0 Å². The highest BCUT2D eigenvalue weighted by atomic mass is 32.2. The molecule has 2 atom stereocenters. The number of halogens is 1. The van der Waals surface area contributed by atoms with Crippen molar-refractivity contribution in [3.63, 3.8) is 0 Å². The van der Waals surface area contributed by atoms with E-state index < -0.39 is 11.9 Å². The van der Waals surface area contributed by atoms with Gasteiger partial charge in [0.05, 0.1) is 11.9 Å². The number of thioether (sulfide) groups is 1. The molecule has 1 aromatic heterocycles. The Morgan fingerprint density at radius 1 is 1.46 bits per heavy atom. The standard InChI is InChI=1S/C17H20FN3O4S/c1-11(24-14-7-3-2-6-13(14)18)16-20-21-17(25-16)26-10-15(22)19-9-12-5-4-8-23-12/h2-3,6-7,11-12H,4-5,8-10H2,1H3,(H,19,22). The highest BCUT2D eigenvalue weighted by Gasteiger charge is 2.19. The molecule has 7 nitrogen and oxygen atoms in total. The van der Waals surface area contributed by atoms with Crippen LogP contribution < -0.4 is 10.1 Å². The predicted molar refractivity (Wildman–Crippen MR) is 92.4 cm³/mol. The number of carbonyl (C=O) groups excluding carboxylic acids is 1. The smallest absolute Gasteiger partial charge is 0.277 e. The monoisotopic (exact) mass is 381 g/mol. The first-order chi connectivity index (χ1) is 12.6. The van der Waals surface area contributed by atoms with E-state index in [1.54, 1.807) is 19.1 Å². The Kier molecular flexibility index (Phi) is 6.45. The van der Waals surface area contributed by atoms with Gasteiger partial charge in [0.25, 0.3) is 11.1 Å². The second kappa shape index (κ2) is 9.00. The van der Waals surface area contributed by atoms with Crippen LogP contribution in [0.15, 0.2) is 33.9 Å². The summed E-state index contributed by atoms with van der Waals surface area (Å²) in [5.41, 5.74) is 0. The van der Waals surface area contributed by atoms with Crippen molar-refractivity contribution in [1.29, 1.82) is 0 Å². The largest absolute Gasteiger partial charge is 0.478 e. The molecule has 0 radical (unpaired) electrons. The zero-order valence-electron chi connectivity index (χ0n) is 14.3. The summed E-state index contributed by atoms with van der Waals surface area (Å²) in [6.45, 7) is 2.96. The SMILES string of the molecule is CC(Oc1ccccc1F)c1nnc(SCC(=O)NCC2CCCO2)o1. The van der Waals surface area contributed by atoms with Gasteiger partial charge in [-0.3, -0.25) is 4.79 Å². The molecule has 2 heterocycles. The summed E-state index contributed by atoms with van der Waals surface area (Å²) in [6, 6.07) is 6.09. The number of amides is 1. The molecule has 140 valence electrons. The minimum Gasteiger partial charge on any atom is -0.478 e. The number of carbonyl (C=O) groups is 1. The van der Waals surface area contributed by atoms with Gasteiger partial charge in [0, 0.05) is 13.2 Å². The molecule has 0 aliphatic carbocycles. The van der Waals surface area contributed by atoms with Gasteiger partial charge in [-0.2, -0.15) is 0 Å². The van der Waals surface area contributed by atoms with Crippen molar-refractivity contribution in [3.8, 4) is 5.75 Å². The second-order valence-electron chi connectivity index (χ2n) is 5.82. The molecule has 1 aromatic carbocycles. The Balaban J connectivity index is 1.45. The molecule has 1 N–H and O–H groups in total. The van der Waals surface area contributed by atoms with Crippen LogP contribution >= 0.6 is 11.8 Å². The highest BCUT2D eigenvalue weighted by molar-refractivity contribution is 7.99. The van der Waals surface area contributed by atoms with Crippen molar-refractivity contribution in [2.45, 2.75) is 37.2 Å². The summed E-state index contributed by atoms with van der Waals surface area (Å²) in [7, 11) is 0. The van der Waals surface area contributed by atoms with Gasteiger partial charge in [-0.1, -0.05) is 23.9 Å². The number of nitrogens with one attached hydrogen (secondary N) is 1. The maximum atomic E-state index is 13.6. The quantitative estimate of drug-likeness (QED) is 0.704.